The second-order valence-corrected chi connectivity index (χ2v) is 8.53. The zero-order valence-electron chi connectivity index (χ0n) is 19.5. The topological polar surface area (TPSA) is 200 Å². The van der Waals surface area contributed by atoms with Crippen molar-refractivity contribution in [2.75, 3.05) is 6.61 Å². The normalized spacial score (nSPS) is 15.7. The third-order valence-corrected chi connectivity index (χ3v) is 5.26. The average molecular weight is 469 g/mol. The Morgan fingerprint density at radius 3 is 2.18 bits per heavy atom. The maximum absolute atomic E-state index is 13.0. The van der Waals surface area contributed by atoms with Crippen molar-refractivity contribution in [3.63, 3.8) is 0 Å². The van der Waals surface area contributed by atoms with Gasteiger partial charge in [-0.3, -0.25) is 14.4 Å². The number of carbonyl (C=O) groups excluding carboxylic acids is 3. The number of rotatable bonds is 14. The van der Waals surface area contributed by atoms with Crippen LogP contribution < -0.4 is 21.7 Å². The van der Waals surface area contributed by atoms with Gasteiger partial charge in [-0.25, -0.2) is 9.78 Å². The van der Waals surface area contributed by atoms with E-state index in [4.69, 9.17) is 10.8 Å². The number of aliphatic hydroxyl groups is 1. The zero-order chi connectivity index (χ0) is 25.1. The van der Waals surface area contributed by atoms with Crippen molar-refractivity contribution in [3.05, 3.63) is 18.2 Å². The standard InChI is InChI=1S/C21H36N6O6/c1-5-12(4)17(20(31)26-16(21(32)33)7-13-8-23-10-24-13)27-19(30)15(6-11(2)3)25-18(29)14(22)9-28/h8,10-12,14-17,28H,5-7,9,22H2,1-4H3,(H,23,24)(H,25,29)(H,26,31)(H,27,30)(H,32,33). The highest BCUT2D eigenvalue weighted by Crippen LogP contribution is 2.12. The molecule has 1 aromatic rings. The van der Waals surface area contributed by atoms with E-state index in [1.165, 1.54) is 12.5 Å². The van der Waals surface area contributed by atoms with Gasteiger partial charge in [0.05, 0.1) is 12.9 Å². The molecule has 0 aliphatic carbocycles. The predicted molar refractivity (Wildman–Crippen MR) is 120 cm³/mol. The Morgan fingerprint density at radius 2 is 1.70 bits per heavy atom. The Morgan fingerprint density at radius 1 is 1.06 bits per heavy atom. The van der Waals surface area contributed by atoms with Gasteiger partial charge in [-0.15, -0.1) is 0 Å². The van der Waals surface area contributed by atoms with Crippen LogP contribution in [0.25, 0.3) is 0 Å². The zero-order valence-corrected chi connectivity index (χ0v) is 19.5. The SMILES string of the molecule is CCC(C)C(NC(=O)C(CC(C)C)NC(=O)C(N)CO)C(=O)NC(Cc1cnc[nH]1)C(=O)O. The summed E-state index contributed by atoms with van der Waals surface area (Å²) in [7, 11) is 0. The van der Waals surface area contributed by atoms with Crippen LogP contribution in [-0.4, -0.2) is 74.6 Å². The fourth-order valence-corrected chi connectivity index (χ4v) is 3.10. The molecule has 5 unspecified atom stereocenters. The highest BCUT2D eigenvalue weighted by atomic mass is 16.4. The molecule has 186 valence electrons. The highest BCUT2D eigenvalue weighted by Gasteiger charge is 2.33. The minimum Gasteiger partial charge on any atom is -0.480 e. The number of nitrogens with one attached hydrogen (secondary N) is 4. The Bertz CT molecular complexity index is 784. The maximum atomic E-state index is 13.0. The summed E-state index contributed by atoms with van der Waals surface area (Å²) >= 11 is 0. The van der Waals surface area contributed by atoms with Gasteiger partial charge < -0.3 is 36.9 Å². The van der Waals surface area contributed by atoms with E-state index in [1.807, 2.05) is 20.8 Å². The number of hydrogen-bond acceptors (Lipinski definition) is 7. The average Bonchev–Trinajstić information content (AvgIpc) is 3.27. The Hall–Kier alpha value is -2.99. The van der Waals surface area contributed by atoms with Crippen molar-refractivity contribution in [3.8, 4) is 0 Å². The highest BCUT2D eigenvalue weighted by molar-refractivity contribution is 5.94. The third-order valence-electron chi connectivity index (χ3n) is 5.26. The molecular formula is C21H36N6O6. The van der Waals surface area contributed by atoms with Gasteiger partial charge >= 0.3 is 5.97 Å². The van der Waals surface area contributed by atoms with E-state index < -0.39 is 54.5 Å². The first kappa shape index (κ1) is 28.0. The van der Waals surface area contributed by atoms with Gasteiger partial charge in [-0.05, 0) is 18.3 Å². The van der Waals surface area contributed by atoms with Crippen LogP contribution in [0.2, 0.25) is 0 Å². The first-order chi connectivity index (χ1) is 15.5. The van der Waals surface area contributed by atoms with Crippen LogP contribution in [0.1, 0.15) is 46.2 Å². The number of aliphatic hydroxyl groups excluding tert-OH is 1. The lowest BCUT2D eigenvalue weighted by atomic mass is 9.96. The molecule has 1 heterocycles. The first-order valence-corrected chi connectivity index (χ1v) is 11.0. The molecular weight excluding hydrogens is 432 g/mol. The number of carbonyl (C=O) groups is 4. The van der Waals surface area contributed by atoms with Crippen LogP contribution >= 0.6 is 0 Å². The third kappa shape index (κ3) is 9.18. The number of nitrogens with two attached hydrogens (primary N) is 1. The molecule has 33 heavy (non-hydrogen) atoms. The van der Waals surface area contributed by atoms with Gasteiger partial charge in [0.25, 0.3) is 0 Å². The molecule has 3 amide bonds. The van der Waals surface area contributed by atoms with Gasteiger partial charge in [-0.2, -0.15) is 0 Å². The van der Waals surface area contributed by atoms with Crippen LogP contribution in [0.5, 0.6) is 0 Å². The molecule has 0 aliphatic rings. The smallest absolute Gasteiger partial charge is 0.326 e. The van der Waals surface area contributed by atoms with Crippen molar-refractivity contribution in [2.24, 2.45) is 17.6 Å². The second kappa shape index (κ2) is 13.5. The Labute approximate surface area is 193 Å². The van der Waals surface area contributed by atoms with Crippen LogP contribution in [0.3, 0.4) is 0 Å². The number of aliphatic carboxylic acids is 1. The summed E-state index contributed by atoms with van der Waals surface area (Å²) in [6.07, 6.45) is 3.68. The predicted octanol–water partition coefficient (Wildman–Crippen LogP) is -1.10. The molecule has 0 fully saturated rings. The summed E-state index contributed by atoms with van der Waals surface area (Å²) < 4.78 is 0. The van der Waals surface area contributed by atoms with Crippen LogP contribution in [0, 0.1) is 11.8 Å². The number of imidazole rings is 1. The van der Waals surface area contributed by atoms with Gasteiger partial charge in [0.1, 0.15) is 24.2 Å². The molecule has 12 heteroatoms. The minimum absolute atomic E-state index is 0.00662. The summed E-state index contributed by atoms with van der Waals surface area (Å²) in [6.45, 7) is 6.75. The van der Waals surface area contributed by atoms with Crippen molar-refractivity contribution < 1.29 is 29.4 Å². The maximum Gasteiger partial charge on any atom is 0.326 e. The molecule has 0 aromatic carbocycles. The molecule has 0 bridgehead atoms. The van der Waals surface area contributed by atoms with Gasteiger partial charge in [0.15, 0.2) is 0 Å². The van der Waals surface area contributed by atoms with Crippen LogP contribution in [-0.2, 0) is 25.6 Å². The summed E-state index contributed by atoms with van der Waals surface area (Å²) in [5, 5.41) is 26.3. The summed E-state index contributed by atoms with van der Waals surface area (Å²) in [4.78, 5) is 56.4. The van der Waals surface area contributed by atoms with E-state index in [0.717, 1.165) is 0 Å². The van der Waals surface area contributed by atoms with Gasteiger partial charge in [0, 0.05) is 18.3 Å². The lowest BCUT2D eigenvalue weighted by molar-refractivity contribution is -0.142. The molecule has 1 rings (SSSR count). The Balaban J connectivity index is 2.99. The molecule has 0 saturated carbocycles. The summed E-state index contributed by atoms with van der Waals surface area (Å²) in [5.74, 6) is -3.43. The van der Waals surface area contributed by atoms with E-state index >= 15 is 0 Å². The van der Waals surface area contributed by atoms with Crippen molar-refractivity contribution in [1.29, 1.82) is 0 Å². The number of carboxylic acids is 1. The van der Waals surface area contributed by atoms with Gasteiger partial charge in [-0.1, -0.05) is 34.1 Å². The van der Waals surface area contributed by atoms with E-state index in [9.17, 15) is 24.3 Å². The number of amides is 3. The fraction of sp³-hybridized carbons (Fsp3) is 0.667. The second-order valence-electron chi connectivity index (χ2n) is 8.53. The largest absolute Gasteiger partial charge is 0.480 e. The van der Waals surface area contributed by atoms with Gasteiger partial charge in [0.2, 0.25) is 17.7 Å². The van der Waals surface area contributed by atoms with Crippen molar-refractivity contribution in [1.82, 2.24) is 25.9 Å². The monoisotopic (exact) mass is 468 g/mol. The molecule has 1 aromatic heterocycles. The molecule has 5 atom stereocenters. The van der Waals surface area contributed by atoms with Crippen LogP contribution in [0.15, 0.2) is 12.5 Å². The first-order valence-electron chi connectivity index (χ1n) is 11.0. The number of aromatic amines is 1. The van der Waals surface area contributed by atoms with Crippen molar-refractivity contribution >= 4 is 23.7 Å². The molecule has 8 N–H and O–H groups in total. The lowest BCUT2D eigenvalue weighted by Crippen LogP contribution is -2.59. The Kier molecular flexibility index (Phi) is 11.5. The van der Waals surface area contributed by atoms with E-state index in [2.05, 4.69) is 25.9 Å². The molecule has 0 saturated heterocycles. The summed E-state index contributed by atoms with van der Waals surface area (Å²) in [5.41, 5.74) is 6.07. The molecule has 12 nitrogen and oxygen atoms in total. The van der Waals surface area contributed by atoms with Crippen molar-refractivity contribution in [2.45, 2.75) is 71.1 Å². The lowest BCUT2D eigenvalue weighted by Gasteiger charge is -2.28. The van der Waals surface area contributed by atoms with E-state index in [-0.39, 0.29) is 24.7 Å². The molecule has 0 spiro atoms. The molecule has 0 aliphatic heterocycles. The van der Waals surface area contributed by atoms with E-state index in [0.29, 0.717) is 12.1 Å². The number of hydrogen-bond donors (Lipinski definition) is 7. The number of H-pyrrole nitrogens is 1. The minimum atomic E-state index is -1.23. The fourth-order valence-electron chi connectivity index (χ4n) is 3.10. The number of nitrogens with zero attached hydrogens (tertiary/aromatic N) is 1. The quantitative estimate of drug-likeness (QED) is 0.178. The number of aromatic nitrogens is 2. The number of carboxylic acid groups (broad SMARTS) is 1. The van der Waals surface area contributed by atoms with Crippen LogP contribution in [0.4, 0.5) is 0 Å². The summed E-state index contributed by atoms with van der Waals surface area (Å²) in [6, 6.07) is -4.41. The van der Waals surface area contributed by atoms with E-state index in [1.54, 1.807) is 6.92 Å². The molecule has 0 radical (unpaired) electrons.